The summed E-state index contributed by atoms with van der Waals surface area (Å²) in [7, 11) is 0. The first-order valence-electron chi connectivity index (χ1n) is 5.63. The average Bonchev–Trinajstić information content (AvgIpc) is 2.37. The van der Waals surface area contributed by atoms with E-state index in [-0.39, 0.29) is 25.6 Å². The molecule has 1 aromatic carbocycles. The Morgan fingerprint density at radius 2 is 2.00 bits per heavy atom. The summed E-state index contributed by atoms with van der Waals surface area (Å²) in [6.45, 7) is 0.662. The third-order valence-corrected chi connectivity index (χ3v) is 3.24. The van der Waals surface area contributed by atoms with Gasteiger partial charge in [0.1, 0.15) is 23.0 Å². The van der Waals surface area contributed by atoms with Gasteiger partial charge in [-0.3, -0.25) is 4.79 Å². The quantitative estimate of drug-likeness (QED) is 0.782. The molecule has 1 fully saturated rings. The maximum atomic E-state index is 13.6. The fourth-order valence-corrected chi connectivity index (χ4v) is 2.20. The van der Waals surface area contributed by atoms with Gasteiger partial charge in [0.05, 0.1) is 19.3 Å². The maximum Gasteiger partial charge on any atom is 0.260 e. The van der Waals surface area contributed by atoms with E-state index in [1.807, 2.05) is 0 Å². The Hall–Kier alpha value is -1.27. The molecule has 0 saturated carbocycles. The average molecular weight is 294 g/mol. The first-order valence-corrected chi connectivity index (χ1v) is 6.17. The third kappa shape index (κ3) is 2.84. The van der Waals surface area contributed by atoms with E-state index in [2.05, 4.69) is 0 Å². The highest BCUT2D eigenvalue weighted by Crippen LogP contribution is 2.20. The molecule has 0 spiro atoms. The van der Waals surface area contributed by atoms with E-state index < -0.39 is 35.0 Å². The standard InChI is InChI=1S/C12H11ClF3NO2/c13-5-8-6-19-2-1-17(8)12(18)11-9(15)3-7(14)4-10(11)16/h3-4,8H,1-2,5-6H2. The number of hydrogen-bond acceptors (Lipinski definition) is 2. The van der Waals surface area contributed by atoms with Gasteiger partial charge in [0, 0.05) is 24.6 Å². The van der Waals surface area contributed by atoms with Crippen molar-refractivity contribution in [2.24, 2.45) is 0 Å². The van der Waals surface area contributed by atoms with Crippen LogP contribution in [0.5, 0.6) is 0 Å². The minimum absolute atomic E-state index is 0.0934. The molecule has 1 aliphatic rings. The number of alkyl halides is 1. The Morgan fingerprint density at radius 3 is 2.58 bits per heavy atom. The predicted octanol–water partition coefficient (Wildman–Crippen LogP) is 2.18. The molecule has 7 heteroatoms. The molecule has 1 amide bonds. The molecular formula is C12H11ClF3NO2. The lowest BCUT2D eigenvalue weighted by Crippen LogP contribution is -2.50. The van der Waals surface area contributed by atoms with Crippen molar-refractivity contribution >= 4 is 17.5 Å². The highest BCUT2D eigenvalue weighted by atomic mass is 35.5. The second kappa shape index (κ2) is 5.79. The van der Waals surface area contributed by atoms with Crippen LogP contribution in [0.2, 0.25) is 0 Å². The summed E-state index contributed by atoms with van der Waals surface area (Å²) in [6, 6.07) is 0.505. The molecule has 1 unspecified atom stereocenters. The number of morpholine rings is 1. The zero-order valence-corrected chi connectivity index (χ0v) is 10.6. The van der Waals surface area contributed by atoms with Crippen molar-refractivity contribution in [2.45, 2.75) is 6.04 Å². The Kier molecular flexibility index (Phi) is 4.31. The number of rotatable bonds is 2. The van der Waals surface area contributed by atoms with Crippen LogP contribution in [0.25, 0.3) is 0 Å². The molecule has 1 atom stereocenters. The number of amides is 1. The lowest BCUT2D eigenvalue weighted by atomic mass is 10.1. The van der Waals surface area contributed by atoms with E-state index in [9.17, 15) is 18.0 Å². The molecule has 0 aromatic heterocycles. The number of benzene rings is 1. The normalized spacial score (nSPS) is 19.6. The van der Waals surface area contributed by atoms with Crippen molar-refractivity contribution in [3.63, 3.8) is 0 Å². The number of halogens is 4. The fourth-order valence-electron chi connectivity index (χ4n) is 1.94. The Labute approximate surface area is 112 Å². The summed E-state index contributed by atoms with van der Waals surface area (Å²) >= 11 is 5.69. The summed E-state index contributed by atoms with van der Waals surface area (Å²) < 4.78 is 45.1. The van der Waals surface area contributed by atoms with Crippen LogP contribution in [-0.2, 0) is 4.74 Å². The molecule has 3 nitrogen and oxygen atoms in total. The zero-order chi connectivity index (χ0) is 14.0. The first kappa shape index (κ1) is 14.1. The minimum Gasteiger partial charge on any atom is -0.377 e. The van der Waals surface area contributed by atoms with E-state index in [0.29, 0.717) is 12.1 Å². The summed E-state index contributed by atoms with van der Waals surface area (Å²) in [6.07, 6.45) is 0. The molecule has 104 valence electrons. The third-order valence-electron chi connectivity index (χ3n) is 2.89. The maximum absolute atomic E-state index is 13.6. The lowest BCUT2D eigenvalue weighted by molar-refractivity contribution is 0.00404. The number of carbonyl (C=O) groups is 1. The predicted molar refractivity (Wildman–Crippen MR) is 62.7 cm³/mol. The SMILES string of the molecule is O=C(c1c(F)cc(F)cc1F)N1CCOCC1CCl. The van der Waals surface area contributed by atoms with Crippen LogP contribution in [0.3, 0.4) is 0 Å². The Morgan fingerprint density at radius 1 is 1.37 bits per heavy atom. The van der Waals surface area contributed by atoms with Crippen LogP contribution < -0.4 is 0 Å². The molecule has 1 aliphatic heterocycles. The van der Waals surface area contributed by atoms with Gasteiger partial charge in [-0.15, -0.1) is 11.6 Å². The van der Waals surface area contributed by atoms with Gasteiger partial charge < -0.3 is 9.64 Å². The van der Waals surface area contributed by atoms with Crippen LogP contribution in [0.15, 0.2) is 12.1 Å². The van der Waals surface area contributed by atoms with Crippen LogP contribution in [0, 0.1) is 17.5 Å². The Bertz CT molecular complexity index is 475. The highest BCUT2D eigenvalue weighted by Gasteiger charge is 2.31. The van der Waals surface area contributed by atoms with E-state index in [4.69, 9.17) is 16.3 Å². The van der Waals surface area contributed by atoms with E-state index in [0.717, 1.165) is 0 Å². The van der Waals surface area contributed by atoms with Crippen LogP contribution >= 0.6 is 11.6 Å². The lowest BCUT2D eigenvalue weighted by Gasteiger charge is -2.34. The van der Waals surface area contributed by atoms with Crippen molar-refractivity contribution < 1.29 is 22.7 Å². The van der Waals surface area contributed by atoms with E-state index in [1.165, 1.54) is 4.90 Å². The topological polar surface area (TPSA) is 29.5 Å². The van der Waals surface area contributed by atoms with Gasteiger partial charge in [0.2, 0.25) is 0 Å². The molecule has 1 saturated heterocycles. The smallest absolute Gasteiger partial charge is 0.260 e. The highest BCUT2D eigenvalue weighted by molar-refractivity contribution is 6.18. The van der Waals surface area contributed by atoms with Gasteiger partial charge in [-0.05, 0) is 0 Å². The van der Waals surface area contributed by atoms with Crippen molar-refractivity contribution in [3.05, 3.63) is 35.1 Å². The molecule has 0 radical (unpaired) electrons. The summed E-state index contributed by atoms with van der Waals surface area (Å²) in [4.78, 5) is 13.4. The van der Waals surface area contributed by atoms with Crippen LogP contribution in [-0.4, -0.2) is 42.5 Å². The molecule has 19 heavy (non-hydrogen) atoms. The van der Waals surface area contributed by atoms with Crippen molar-refractivity contribution in [3.8, 4) is 0 Å². The van der Waals surface area contributed by atoms with Gasteiger partial charge in [-0.1, -0.05) is 0 Å². The number of nitrogens with zero attached hydrogens (tertiary/aromatic N) is 1. The summed E-state index contributed by atoms with van der Waals surface area (Å²) in [5.41, 5.74) is -0.765. The van der Waals surface area contributed by atoms with Crippen molar-refractivity contribution in [1.29, 1.82) is 0 Å². The molecule has 0 aliphatic carbocycles. The second-order valence-electron chi connectivity index (χ2n) is 4.13. The number of carbonyl (C=O) groups excluding carboxylic acids is 1. The zero-order valence-electron chi connectivity index (χ0n) is 9.84. The van der Waals surface area contributed by atoms with Gasteiger partial charge in [-0.25, -0.2) is 13.2 Å². The molecule has 0 N–H and O–H groups in total. The van der Waals surface area contributed by atoms with Crippen molar-refractivity contribution in [2.75, 3.05) is 25.6 Å². The monoisotopic (exact) mass is 293 g/mol. The fraction of sp³-hybridized carbons (Fsp3) is 0.417. The van der Waals surface area contributed by atoms with E-state index in [1.54, 1.807) is 0 Å². The molecule has 0 bridgehead atoms. The van der Waals surface area contributed by atoms with Gasteiger partial charge in [0.25, 0.3) is 5.91 Å². The second-order valence-corrected chi connectivity index (χ2v) is 4.43. The Balaban J connectivity index is 2.33. The summed E-state index contributed by atoms with van der Waals surface area (Å²) in [5.74, 6) is -4.26. The van der Waals surface area contributed by atoms with Crippen LogP contribution in [0.1, 0.15) is 10.4 Å². The number of ether oxygens (including phenoxy) is 1. The van der Waals surface area contributed by atoms with Gasteiger partial charge in [0.15, 0.2) is 0 Å². The largest absolute Gasteiger partial charge is 0.377 e. The molecule has 1 aromatic rings. The van der Waals surface area contributed by atoms with Crippen LogP contribution in [0.4, 0.5) is 13.2 Å². The summed E-state index contributed by atoms with van der Waals surface area (Å²) in [5, 5.41) is 0. The number of hydrogen-bond donors (Lipinski definition) is 0. The minimum atomic E-state index is -1.22. The van der Waals surface area contributed by atoms with Crippen molar-refractivity contribution in [1.82, 2.24) is 4.90 Å². The first-order chi connectivity index (χ1) is 9.04. The van der Waals surface area contributed by atoms with E-state index >= 15 is 0 Å². The molecule has 2 rings (SSSR count). The van der Waals surface area contributed by atoms with Gasteiger partial charge in [-0.2, -0.15) is 0 Å². The molecular weight excluding hydrogens is 283 g/mol. The van der Waals surface area contributed by atoms with Gasteiger partial charge >= 0.3 is 0 Å². The molecule has 1 heterocycles.